The third-order valence-electron chi connectivity index (χ3n) is 10.2. The highest BCUT2D eigenvalue weighted by Crippen LogP contribution is 2.59. The first kappa shape index (κ1) is 29.0. The predicted octanol–water partition coefficient (Wildman–Crippen LogP) is 5.30. The molecule has 9 nitrogen and oxygen atoms in total. The molecule has 5 fully saturated rings. The number of hydrogen-bond acceptors (Lipinski definition) is 8. The third kappa shape index (κ3) is 6.39. The van der Waals surface area contributed by atoms with Crippen molar-refractivity contribution in [3.63, 3.8) is 0 Å². The van der Waals surface area contributed by atoms with Crippen molar-refractivity contribution in [3.05, 3.63) is 60.0 Å². The molecule has 4 bridgehead atoms. The highest BCUT2D eigenvalue weighted by Gasteiger charge is 2.50. The Balaban J connectivity index is 0.939. The molecular weight excluding hydrogens is 552 g/mol. The number of rotatable bonds is 9. The lowest BCUT2D eigenvalue weighted by molar-refractivity contribution is -0.0503. The van der Waals surface area contributed by atoms with Crippen LogP contribution in [0.5, 0.6) is 11.5 Å². The maximum Gasteiger partial charge on any atom is 0.271 e. The number of carbonyl (C=O) groups excluding carboxylic acids is 1. The molecule has 0 spiro atoms. The Kier molecular flexibility index (Phi) is 7.91. The van der Waals surface area contributed by atoms with E-state index < -0.39 is 0 Å². The van der Waals surface area contributed by atoms with Crippen LogP contribution in [0, 0.1) is 23.2 Å². The molecule has 3 heterocycles. The molecule has 232 valence electrons. The zero-order chi connectivity index (χ0) is 30.3. The molecule has 9 heteroatoms. The van der Waals surface area contributed by atoms with Gasteiger partial charge in [-0.1, -0.05) is 0 Å². The molecule has 4 aliphatic carbocycles. The molecule has 44 heavy (non-hydrogen) atoms. The third-order valence-corrected chi connectivity index (χ3v) is 10.2. The van der Waals surface area contributed by atoms with Crippen molar-refractivity contribution in [2.45, 2.75) is 65.0 Å². The smallest absolute Gasteiger partial charge is 0.271 e. The highest BCUT2D eigenvalue weighted by atomic mass is 16.5. The van der Waals surface area contributed by atoms with E-state index in [1.807, 2.05) is 32.0 Å². The van der Waals surface area contributed by atoms with Crippen molar-refractivity contribution in [3.8, 4) is 22.6 Å². The lowest BCUT2D eigenvalue weighted by Gasteiger charge is -2.56. The molecule has 2 N–H and O–H groups in total. The Morgan fingerprint density at radius 2 is 1.68 bits per heavy atom. The van der Waals surface area contributed by atoms with Gasteiger partial charge in [-0.25, -0.2) is 0 Å². The van der Waals surface area contributed by atoms with Crippen molar-refractivity contribution in [1.82, 2.24) is 25.4 Å². The first-order chi connectivity index (χ1) is 21.3. The number of anilines is 1. The van der Waals surface area contributed by atoms with Gasteiger partial charge in [-0.15, -0.1) is 10.2 Å². The van der Waals surface area contributed by atoms with Crippen LogP contribution in [0.15, 0.2) is 48.8 Å². The van der Waals surface area contributed by atoms with Gasteiger partial charge in [0.1, 0.15) is 11.5 Å². The number of hydrogen-bond donors (Lipinski definition) is 2. The quantitative estimate of drug-likeness (QED) is 0.343. The molecule has 1 amide bonds. The minimum absolute atomic E-state index is 0.0595. The van der Waals surface area contributed by atoms with Crippen LogP contribution in [-0.4, -0.2) is 69.9 Å². The fourth-order valence-corrected chi connectivity index (χ4v) is 8.72. The van der Waals surface area contributed by atoms with E-state index in [1.54, 1.807) is 12.3 Å². The number of carbonyl (C=O) groups is 1. The largest absolute Gasteiger partial charge is 0.506 e. The molecule has 0 atom stereocenters. The van der Waals surface area contributed by atoms with E-state index in [-0.39, 0.29) is 17.8 Å². The van der Waals surface area contributed by atoms with Gasteiger partial charge in [-0.3, -0.25) is 14.7 Å². The fraction of sp³-hybridized carbons (Fsp3) is 0.543. The second-order valence-electron chi connectivity index (χ2n) is 14.1. The van der Waals surface area contributed by atoms with Gasteiger partial charge >= 0.3 is 0 Å². The number of aromatic hydroxyl groups is 1. The van der Waals surface area contributed by atoms with Crippen LogP contribution in [0.4, 0.5) is 5.82 Å². The van der Waals surface area contributed by atoms with E-state index in [1.165, 1.54) is 44.7 Å². The number of nitrogens with zero attached hydrogens (tertiary/aromatic N) is 5. The number of ether oxygens (including phenoxy) is 1. The monoisotopic (exact) mass is 596 g/mol. The van der Waals surface area contributed by atoms with E-state index in [9.17, 15) is 9.90 Å². The van der Waals surface area contributed by atoms with Gasteiger partial charge in [-0.05, 0) is 123 Å². The Bertz CT molecular complexity index is 1450. The van der Waals surface area contributed by atoms with Gasteiger partial charge in [0.25, 0.3) is 5.91 Å². The van der Waals surface area contributed by atoms with Gasteiger partial charge in [0, 0.05) is 51.0 Å². The summed E-state index contributed by atoms with van der Waals surface area (Å²) >= 11 is 0. The number of amides is 1. The van der Waals surface area contributed by atoms with Crippen molar-refractivity contribution in [2.24, 2.45) is 23.2 Å². The summed E-state index contributed by atoms with van der Waals surface area (Å²) in [5, 5.41) is 22.0. The summed E-state index contributed by atoms with van der Waals surface area (Å²) in [6.07, 6.45) is 11.3. The minimum Gasteiger partial charge on any atom is -0.506 e. The summed E-state index contributed by atoms with van der Waals surface area (Å²) in [5.74, 6) is 4.29. The summed E-state index contributed by atoms with van der Waals surface area (Å²) in [6.45, 7) is 9.03. The van der Waals surface area contributed by atoms with Gasteiger partial charge in [0.05, 0.1) is 12.3 Å². The molecular formula is C35H44N6O3. The van der Waals surface area contributed by atoms with Crippen LogP contribution in [0.3, 0.4) is 0 Å². The van der Waals surface area contributed by atoms with Gasteiger partial charge in [0.15, 0.2) is 11.5 Å². The molecule has 3 aromatic rings. The molecule has 1 saturated heterocycles. The fourth-order valence-electron chi connectivity index (χ4n) is 8.72. The van der Waals surface area contributed by atoms with Crippen LogP contribution >= 0.6 is 0 Å². The molecule has 5 aliphatic rings. The van der Waals surface area contributed by atoms with E-state index in [4.69, 9.17) is 4.74 Å². The normalized spacial score (nSPS) is 26.2. The van der Waals surface area contributed by atoms with Gasteiger partial charge in [-0.2, -0.15) is 0 Å². The summed E-state index contributed by atoms with van der Waals surface area (Å²) < 4.78 is 6.05. The summed E-state index contributed by atoms with van der Waals surface area (Å²) in [4.78, 5) is 21.8. The summed E-state index contributed by atoms with van der Waals surface area (Å²) in [7, 11) is 0. The number of benzene rings is 1. The topological polar surface area (TPSA) is 104 Å². The second-order valence-corrected chi connectivity index (χ2v) is 14.1. The molecule has 1 aromatic carbocycles. The Morgan fingerprint density at radius 3 is 2.32 bits per heavy atom. The van der Waals surface area contributed by atoms with Crippen molar-refractivity contribution >= 4 is 11.7 Å². The van der Waals surface area contributed by atoms with E-state index in [0.717, 1.165) is 85.3 Å². The van der Waals surface area contributed by atoms with Crippen LogP contribution in [0.2, 0.25) is 0 Å². The number of nitrogens with one attached hydrogen (secondary N) is 1. The maximum atomic E-state index is 13.0. The maximum absolute atomic E-state index is 13.0. The predicted molar refractivity (Wildman–Crippen MR) is 170 cm³/mol. The van der Waals surface area contributed by atoms with Gasteiger partial charge in [0.2, 0.25) is 0 Å². The van der Waals surface area contributed by atoms with Crippen LogP contribution in [0.1, 0.15) is 68.4 Å². The van der Waals surface area contributed by atoms with Crippen LogP contribution in [-0.2, 0) is 6.54 Å². The first-order valence-corrected chi connectivity index (χ1v) is 16.3. The molecule has 0 radical (unpaired) electrons. The highest BCUT2D eigenvalue weighted by molar-refractivity contribution is 5.92. The van der Waals surface area contributed by atoms with Crippen LogP contribution < -0.4 is 15.0 Å². The summed E-state index contributed by atoms with van der Waals surface area (Å²) in [5.41, 5.74) is 3.69. The Morgan fingerprint density at radius 1 is 0.955 bits per heavy atom. The SMILES string of the molecule is CC(C)Oc1cc(CN2CCN(c3ccc(C(=O)NCC45CC6CC(CC(C6)C4)C5)nn3)CC2)cc(-c2cncc(O)c2)c1. The first-order valence-electron chi connectivity index (χ1n) is 16.3. The second kappa shape index (κ2) is 12.0. The summed E-state index contributed by atoms with van der Waals surface area (Å²) in [6, 6.07) is 11.7. The van der Waals surface area contributed by atoms with Crippen LogP contribution in [0.25, 0.3) is 11.1 Å². The Labute approximate surface area is 260 Å². The number of piperazine rings is 1. The standard InChI is InChI=1S/C35H44N6O3/c1-23(2)44-31-13-27(12-28(15-31)29-14-30(42)20-36-19-29)21-40-5-7-41(8-6-40)33-4-3-32(38-39-33)34(43)37-22-35-16-24-9-25(17-35)11-26(10-24)18-35/h3-4,12-15,19-20,23-26,42H,5-11,16-18,21-22H2,1-2H3,(H,37,43). The zero-order valence-corrected chi connectivity index (χ0v) is 25.9. The number of pyridine rings is 1. The lowest BCUT2D eigenvalue weighted by Crippen LogP contribution is -2.51. The average molecular weight is 597 g/mol. The lowest BCUT2D eigenvalue weighted by atomic mass is 9.49. The number of aromatic nitrogens is 3. The Hall–Kier alpha value is -3.72. The molecule has 0 unspecified atom stereocenters. The van der Waals surface area contributed by atoms with Crippen molar-refractivity contribution in [2.75, 3.05) is 37.6 Å². The van der Waals surface area contributed by atoms with Gasteiger partial charge < -0.3 is 20.1 Å². The molecule has 8 rings (SSSR count). The van der Waals surface area contributed by atoms with E-state index in [0.29, 0.717) is 11.1 Å². The molecule has 1 aliphatic heterocycles. The van der Waals surface area contributed by atoms with Crippen molar-refractivity contribution < 1.29 is 14.6 Å². The average Bonchev–Trinajstić information content (AvgIpc) is 2.99. The van der Waals surface area contributed by atoms with E-state index in [2.05, 4.69) is 42.4 Å². The van der Waals surface area contributed by atoms with Crippen molar-refractivity contribution in [1.29, 1.82) is 0 Å². The molecule has 2 aromatic heterocycles. The van der Waals surface area contributed by atoms with E-state index >= 15 is 0 Å². The minimum atomic E-state index is -0.103. The molecule has 4 saturated carbocycles. The zero-order valence-electron chi connectivity index (χ0n) is 25.9.